The van der Waals surface area contributed by atoms with Gasteiger partial charge < -0.3 is 39.1 Å². The van der Waals surface area contributed by atoms with Gasteiger partial charge in [-0.1, -0.05) is 7.43 Å². The number of halogens is 4. The quantitative estimate of drug-likeness (QED) is 0.0411. The summed E-state index contributed by atoms with van der Waals surface area (Å²) in [5.74, 6) is 0.981. The summed E-state index contributed by atoms with van der Waals surface area (Å²) in [5, 5.41) is 16.3. The van der Waals surface area contributed by atoms with Crippen LogP contribution in [-0.4, -0.2) is 88.7 Å². The molecule has 1 atom stereocenters. The first-order chi connectivity index (χ1) is 37.0. The third-order valence-corrected chi connectivity index (χ3v) is 13.8. The maximum atomic E-state index is 13.8. The number of hydrogen-bond donors (Lipinski definition) is 3. The molecular formula is C54H67F4N12O8PW. The molecule has 0 spiro atoms. The molecule has 10 rings (SSSR count). The van der Waals surface area contributed by atoms with Gasteiger partial charge in [-0.3, -0.25) is 23.9 Å². The monoisotopic (exact) mass is 1300 g/mol. The number of aromatic nitrogens is 8. The zero-order valence-electron chi connectivity index (χ0n) is 43.9. The zero-order chi connectivity index (χ0) is 54.4. The summed E-state index contributed by atoms with van der Waals surface area (Å²) in [6.45, 7) is 6.69. The van der Waals surface area contributed by atoms with Gasteiger partial charge in [0.2, 0.25) is 11.8 Å². The fraction of sp³-hybridized carbons (Fsp3) is 0.500. The first kappa shape index (κ1) is 62.5. The normalized spacial score (nSPS) is 18.8. The largest absolute Gasteiger partial charge is 0.444 e. The van der Waals surface area contributed by atoms with Crippen molar-refractivity contribution >= 4 is 63.4 Å². The number of pyridine rings is 2. The molecule has 4 aliphatic rings. The molecule has 0 aromatic carbocycles. The van der Waals surface area contributed by atoms with Gasteiger partial charge in [0.1, 0.15) is 42.3 Å². The van der Waals surface area contributed by atoms with Crippen molar-refractivity contribution < 1.29 is 76.2 Å². The van der Waals surface area contributed by atoms with Gasteiger partial charge >= 0.3 is 6.09 Å². The van der Waals surface area contributed by atoms with Crippen molar-refractivity contribution in [1.82, 2.24) is 39.5 Å². The number of nitrogens with zero attached hydrogens (tertiary/aromatic N) is 9. The van der Waals surface area contributed by atoms with Crippen molar-refractivity contribution in [3.8, 4) is 22.9 Å². The van der Waals surface area contributed by atoms with Gasteiger partial charge in [0.15, 0.2) is 22.8 Å². The van der Waals surface area contributed by atoms with Crippen LogP contribution < -0.4 is 20.9 Å². The Kier molecular flexibility index (Phi) is 21.6. The van der Waals surface area contributed by atoms with Crippen LogP contribution in [0, 0.1) is 23.7 Å². The molecule has 1 unspecified atom stereocenters. The van der Waals surface area contributed by atoms with E-state index in [9.17, 15) is 41.5 Å². The molecule has 0 saturated heterocycles. The predicted octanol–water partition coefficient (Wildman–Crippen LogP) is 11.8. The van der Waals surface area contributed by atoms with E-state index in [2.05, 4.69) is 46.1 Å². The SMILES string of the molecule is C.CC(C)(C)OC(=O)N(CC1CC1)c1cc(-c2nc(C(=O)Nc3cn(C4CCC(C=O)CC4)nc3C(F)F)co2)ccn1.O=CC1CCC(n2cc(NC(=O)c3coc(-c4ccnc(NCC5CC5)c4)n3)c(C(F)F)n2)CC1.P.[W]. The van der Waals surface area contributed by atoms with Gasteiger partial charge in [-0.25, -0.2) is 42.3 Å². The van der Waals surface area contributed by atoms with E-state index in [-0.39, 0.29) is 96.9 Å². The topological polar surface area (TPSA) is 247 Å². The minimum Gasteiger partial charge on any atom is -0.444 e. The van der Waals surface area contributed by atoms with Crippen LogP contribution in [0.5, 0.6) is 0 Å². The second-order valence-electron chi connectivity index (χ2n) is 21.0. The number of rotatable bonds is 18. The minimum absolute atomic E-state index is 0. The summed E-state index contributed by atoms with van der Waals surface area (Å²) in [6.07, 6.45) is 13.6. The standard InChI is InChI=1S/C29H34F2N6O5.C24H26F2N6O3.CH4.H3P.W/c1-29(2,3)42-28(40)36(13-17-4-5-17)23-12-19(10-11-32-23)27-34-22(16-41-27)26(39)33-21-14-37(35-24(21)25(30)31)20-8-6-18(15-38)7-9-20;25-22(26)21-18(11-32(31-21)17-5-3-15(12-33)4-6-17)29-23(34)19-13-35-24(30-19)16-7-8-27-20(9-16)28-10-14-1-2-14;;;/h10-12,14-18,20,25H,4-9,13H2,1-3H3,(H,33,39);7-9,11-15,17,22H,1-6,10H2,(H,27,28)(H,29,34);1H4;1H3;. The summed E-state index contributed by atoms with van der Waals surface area (Å²) >= 11 is 0. The van der Waals surface area contributed by atoms with Crippen LogP contribution >= 0.6 is 9.90 Å². The number of anilines is 4. The minimum atomic E-state index is -2.90. The van der Waals surface area contributed by atoms with Crippen LogP contribution in [0.2, 0.25) is 0 Å². The number of hydrogen-bond acceptors (Lipinski definition) is 15. The Morgan fingerprint density at radius 2 is 1.18 bits per heavy atom. The van der Waals surface area contributed by atoms with Gasteiger partial charge in [0.25, 0.3) is 24.7 Å². The molecule has 80 heavy (non-hydrogen) atoms. The predicted molar refractivity (Wildman–Crippen MR) is 289 cm³/mol. The number of oxazole rings is 2. The number of ether oxygens (including phenoxy) is 1. The number of carbonyl (C=O) groups excluding carboxylic acids is 5. The number of nitrogens with one attached hydrogen (secondary N) is 3. The van der Waals surface area contributed by atoms with E-state index in [1.807, 2.05) is 0 Å². The van der Waals surface area contributed by atoms with Crippen LogP contribution in [0.3, 0.4) is 0 Å². The van der Waals surface area contributed by atoms with E-state index >= 15 is 0 Å². The molecule has 20 nitrogen and oxygen atoms in total. The average Bonchev–Trinajstić information content (AvgIpc) is 4.16. The fourth-order valence-corrected chi connectivity index (χ4v) is 9.17. The van der Waals surface area contributed by atoms with E-state index < -0.39 is 47.7 Å². The van der Waals surface area contributed by atoms with Crippen molar-refractivity contribution in [3.63, 3.8) is 0 Å². The number of carbonyl (C=O) groups is 5. The Bertz CT molecular complexity index is 3050. The molecule has 4 aliphatic carbocycles. The van der Waals surface area contributed by atoms with Crippen molar-refractivity contribution in [2.45, 2.75) is 136 Å². The van der Waals surface area contributed by atoms with E-state index in [0.29, 0.717) is 92.5 Å². The van der Waals surface area contributed by atoms with Crippen LogP contribution in [0.25, 0.3) is 22.9 Å². The van der Waals surface area contributed by atoms with Crippen molar-refractivity contribution in [2.75, 3.05) is 33.9 Å². The zero-order valence-corrected chi connectivity index (χ0v) is 48.2. The van der Waals surface area contributed by atoms with Crippen LogP contribution in [0.1, 0.15) is 163 Å². The summed E-state index contributed by atoms with van der Waals surface area (Å²) < 4.78 is 74.4. The van der Waals surface area contributed by atoms with Crippen LogP contribution in [-0.2, 0) is 35.4 Å². The molecule has 0 bridgehead atoms. The number of aldehydes is 2. The molecule has 26 heteroatoms. The molecular weight excluding hydrogens is 1240 g/mol. The maximum Gasteiger partial charge on any atom is 0.416 e. The Hall–Kier alpha value is -6.67. The van der Waals surface area contributed by atoms with Crippen molar-refractivity contribution in [1.29, 1.82) is 0 Å². The Balaban J connectivity index is 0.000000252. The molecule has 0 radical (unpaired) electrons. The van der Waals surface area contributed by atoms with E-state index in [1.54, 1.807) is 51.2 Å². The summed E-state index contributed by atoms with van der Waals surface area (Å²) in [6, 6.07) is 6.52. The van der Waals surface area contributed by atoms with Gasteiger partial charge in [0, 0.05) is 81.9 Å². The molecule has 3 amide bonds. The second kappa shape index (κ2) is 27.7. The maximum absolute atomic E-state index is 13.8. The Morgan fingerprint density at radius 3 is 1.61 bits per heavy atom. The molecule has 430 valence electrons. The second-order valence-corrected chi connectivity index (χ2v) is 21.0. The van der Waals surface area contributed by atoms with E-state index in [1.165, 1.54) is 52.0 Å². The number of amides is 3. The first-order valence-electron chi connectivity index (χ1n) is 25.9. The number of alkyl halides is 4. The smallest absolute Gasteiger partial charge is 0.416 e. The summed E-state index contributed by atoms with van der Waals surface area (Å²) in [7, 11) is 0. The molecule has 6 heterocycles. The van der Waals surface area contributed by atoms with Gasteiger partial charge in [0.05, 0.1) is 23.5 Å². The molecule has 3 N–H and O–H groups in total. The Morgan fingerprint density at radius 1 is 0.713 bits per heavy atom. The molecule has 4 fully saturated rings. The third kappa shape index (κ3) is 16.3. The fourth-order valence-electron chi connectivity index (χ4n) is 9.17. The van der Waals surface area contributed by atoms with Gasteiger partial charge in [-0.15, -0.1) is 0 Å². The van der Waals surface area contributed by atoms with E-state index in [4.69, 9.17) is 13.6 Å². The van der Waals surface area contributed by atoms with Crippen LogP contribution in [0.4, 0.5) is 45.4 Å². The Labute approximate surface area is 477 Å². The molecule has 4 saturated carbocycles. The molecule has 6 aromatic heterocycles. The van der Waals surface area contributed by atoms with Crippen molar-refractivity contribution in [3.05, 3.63) is 84.4 Å². The molecule has 6 aromatic rings. The van der Waals surface area contributed by atoms with Crippen molar-refractivity contribution in [2.24, 2.45) is 23.7 Å². The van der Waals surface area contributed by atoms with Gasteiger partial charge in [-0.05, 0) is 134 Å². The van der Waals surface area contributed by atoms with Gasteiger partial charge in [-0.2, -0.15) is 20.1 Å². The average molecular weight is 1300 g/mol. The van der Waals surface area contributed by atoms with Crippen LogP contribution in [0.15, 0.2) is 70.4 Å². The molecule has 0 aliphatic heterocycles. The van der Waals surface area contributed by atoms with E-state index in [0.717, 1.165) is 38.2 Å². The summed E-state index contributed by atoms with van der Waals surface area (Å²) in [5.41, 5.74) is -0.953. The first-order valence-corrected chi connectivity index (χ1v) is 25.9. The summed E-state index contributed by atoms with van der Waals surface area (Å²) in [4.78, 5) is 79.3. The third-order valence-electron chi connectivity index (χ3n) is 13.8.